The number of hydrogen-bond acceptors (Lipinski definition) is 7. The van der Waals surface area contributed by atoms with Crippen LogP contribution in [0, 0.1) is 17.1 Å². The molecule has 11 heteroatoms. The van der Waals surface area contributed by atoms with Crippen molar-refractivity contribution < 1.29 is 13.9 Å². The number of amides is 2. The molecule has 5 rings (SSSR count). The van der Waals surface area contributed by atoms with Gasteiger partial charge in [-0.1, -0.05) is 26.8 Å². The Morgan fingerprint density at radius 3 is 2.58 bits per heavy atom. The molecule has 40 heavy (non-hydrogen) atoms. The summed E-state index contributed by atoms with van der Waals surface area (Å²) in [6, 6.07) is 19.5. The summed E-state index contributed by atoms with van der Waals surface area (Å²) in [6.45, 7) is 6.00. The molecule has 0 aliphatic carbocycles. The van der Waals surface area contributed by atoms with Gasteiger partial charge in [0.05, 0.1) is 34.4 Å². The van der Waals surface area contributed by atoms with E-state index in [2.05, 4.69) is 31.2 Å². The Kier molecular flexibility index (Phi) is 7.27. The van der Waals surface area contributed by atoms with Gasteiger partial charge in [-0.2, -0.15) is 14.7 Å². The van der Waals surface area contributed by atoms with E-state index < -0.39 is 11.8 Å². The topological polar surface area (TPSA) is 118 Å². The number of urea groups is 1. The number of benzene rings is 2. The summed E-state index contributed by atoms with van der Waals surface area (Å²) in [7, 11) is 0. The maximum Gasteiger partial charge on any atom is 0.324 e. The van der Waals surface area contributed by atoms with Crippen molar-refractivity contribution in [3.05, 3.63) is 95.4 Å². The van der Waals surface area contributed by atoms with Crippen molar-refractivity contribution in [1.29, 1.82) is 5.26 Å². The number of halogens is 1. The lowest BCUT2D eigenvalue weighted by molar-refractivity contribution is 0.262. The molecule has 0 aliphatic rings. The number of hydrogen-bond donors (Lipinski definition) is 2. The average molecular weight is 554 g/mol. The van der Waals surface area contributed by atoms with Crippen LogP contribution in [-0.4, -0.2) is 25.2 Å². The quantitative estimate of drug-likeness (QED) is 0.231. The lowest BCUT2D eigenvalue weighted by Crippen LogP contribution is -2.22. The first kappa shape index (κ1) is 26.5. The molecule has 9 nitrogen and oxygen atoms in total. The van der Waals surface area contributed by atoms with Gasteiger partial charge in [-0.3, -0.25) is 10.3 Å². The van der Waals surface area contributed by atoms with Crippen LogP contribution < -0.4 is 15.4 Å². The second-order valence-corrected chi connectivity index (χ2v) is 10.5. The standard InChI is InChI=1S/C29H24FN7O2S/c1-29(2,3)26-16-27(37(35-26)19-6-4-5-18(13-19)17-31)34-28(38)33-23-8-7-20(14-22(23)30)39-21-9-11-32-25(15-21)24-10-12-40-36-24/h4-16H,1-3H3,(H2,33,34,38). The molecule has 2 aromatic carbocycles. The predicted octanol–water partition coefficient (Wildman–Crippen LogP) is 7.14. The Labute approximate surface area is 234 Å². The minimum atomic E-state index is -0.674. The molecule has 0 radical (unpaired) electrons. The SMILES string of the molecule is CC(C)(C)c1cc(NC(=O)Nc2ccc(Oc3ccnc(-c4ccsn4)c3)cc2F)n(-c2cccc(C#N)c2)n1. The third-order valence-electron chi connectivity index (χ3n) is 5.80. The van der Waals surface area contributed by atoms with Gasteiger partial charge >= 0.3 is 6.03 Å². The number of nitriles is 1. The van der Waals surface area contributed by atoms with Crippen molar-refractivity contribution in [2.45, 2.75) is 26.2 Å². The van der Waals surface area contributed by atoms with E-state index in [1.54, 1.807) is 59.4 Å². The third-order valence-corrected chi connectivity index (χ3v) is 6.36. The van der Waals surface area contributed by atoms with Gasteiger partial charge in [-0.25, -0.2) is 13.9 Å². The number of rotatable bonds is 6. The number of pyridine rings is 1. The van der Waals surface area contributed by atoms with Crippen LogP contribution in [0.2, 0.25) is 0 Å². The zero-order valence-electron chi connectivity index (χ0n) is 21.8. The van der Waals surface area contributed by atoms with E-state index in [9.17, 15) is 14.4 Å². The van der Waals surface area contributed by atoms with Crippen molar-refractivity contribution in [3.8, 4) is 34.6 Å². The van der Waals surface area contributed by atoms with Crippen molar-refractivity contribution in [1.82, 2.24) is 19.1 Å². The van der Waals surface area contributed by atoms with Gasteiger partial charge in [0.2, 0.25) is 0 Å². The first-order chi connectivity index (χ1) is 19.2. The largest absolute Gasteiger partial charge is 0.457 e. The molecule has 2 N–H and O–H groups in total. The summed E-state index contributed by atoms with van der Waals surface area (Å²) in [5.41, 5.74) is 2.82. The van der Waals surface area contributed by atoms with Gasteiger partial charge in [0.15, 0.2) is 0 Å². The third kappa shape index (κ3) is 5.98. The van der Waals surface area contributed by atoms with Crippen LogP contribution >= 0.6 is 11.5 Å². The zero-order valence-corrected chi connectivity index (χ0v) is 22.7. The zero-order chi connectivity index (χ0) is 28.3. The van der Waals surface area contributed by atoms with Crippen LogP contribution in [0.5, 0.6) is 11.5 Å². The molecule has 200 valence electrons. The molecule has 0 aliphatic heterocycles. The summed E-state index contributed by atoms with van der Waals surface area (Å²) < 4.78 is 26.6. The van der Waals surface area contributed by atoms with Crippen molar-refractivity contribution in [3.63, 3.8) is 0 Å². The maximum absolute atomic E-state index is 15.0. The van der Waals surface area contributed by atoms with Gasteiger partial charge in [-0.15, -0.1) is 0 Å². The van der Waals surface area contributed by atoms with Gasteiger partial charge in [0.1, 0.15) is 28.8 Å². The smallest absolute Gasteiger partial charge is 0.324 e. The molecule has 0 saturated heterocycles. The fourth-order valence-corrected chi connectivity index (χ4v) is 4.29. The number of carbonyl (C=O) groups is 1. The molecule has 0 spiro atoms. The second kappa shape index (κ2) is 11.0. The fraction of sp³-hybridized carbons (Fsp3) is 0.138. The number of ether oxygens (including phenoxy) is 1. The van der Waals surface area contributed by atoms with E-state index in [1.807, 2.05) is 32.2 Å². The van der Waals surface area contributed by atoms with Crippen LogP contribution in [0.25, 0.3) is 17.1 Å². The van der Waals surface area contributed by atoms with Crippen LogP contribution in [0.4, 0.5) is 20.7 Å². The number of nitrogens with one attached hydrogen (secondary N) is 2. The number of carbonyl (C=O) groups excluding carboxylic acids is 1. The van der Waals surface area contributed by atoms with Gasteiger partial charge < -0.3 is 10.1 Å². The molecule has 0 fully saturated rings. The molecule has 5 aromatic rings. The molecule has 0 bridgehead atoms. The first-order valence-corrected chi connectivity index (χ1v) is 13.1. The maximum atomic E-state index is 15.0. The highest BCUT2D eigenvalue weighted by atomic mass is 32.1. The lowest BCUT2D eigenvalue weighted by atomic mass is 9.92. The molecule has 3 aromatic heterocycles. The van der Waals surface area contributed by atoms with Crippen LogP contribution in [0.1, 0.15) is 32.0 Å². The van der Waals surface area contributed by atoms with E-state index in [0.717, 1.165) is 11.4 Å². The van der Waals surface area contributed by atoms with Gasteiger partial charge in [0, 0.05) is 35.2 Å². The highest BCUT2D eigenvalue weighted by Crippen LogP contribution is 2.29. The van der Waals surface area contributed by atoms with Crippen molar-refractivity contribution >= 4 is 29.1 Å². The first-order valence-electron chi connectivity index (χ1n) is 12.2. The van der Waals surface area contributed by atoms with Gasteiger partial charge in [0.25, 0.3) is 0 Å². The van der Waals surface area contributed by atoms with E-state index >= 15 is 0 Å². The van der Waals surface area contributed by atoms with E-state index in [-0.39, 0.29) is 16.9 Å². The van der Waals surface area contributed by atoms with Gasteiger partial charge in [-0.05, 0) is 54.0 Å². The van der Waals surface area contributed by atoms with Crippen molar-refractivity contribution in [2.75, 3.05) is 10.6 Å². The second-order valence-electron chi connectivity index (χ2n) is 9.82. The van der Waals surface area contributed by atoms with Crippen LogP contribution in [0.3, 0.4) is 0 Å². The summed E-state index contributed by atoms with van der Waals surface area (Å²) in [5, 5.41) is 21.1. The summed E-state index contributed by atoms with van der Waals surface area (Å²) in [4.78, 5) is 17.2. The highest BCUT2D eigenvalue weighted by molar-refractivity contribution is 7.03. The van der Waals surface area contributed by atoms with Crippen LogP contribution in [-0.2, 0) is 5.41 Å². The summed E-state index contributed by atoms with van der Waals surface area (Å²) in [5.74, 6) is 0.418. The van der Waals surface area contributed by atoms with E-state index in [1.165, 1.54) is 23.7 Å². The Morgan fingerprint density at radius 1 is 1.02 bits per heavy atom. The molecule has 2 amide bonds. The minimum Gasteiger partial charge on any atom is -0.457 e. The lowest BCUT2D eigenvalue weighted by Gasteiger charge is -2.14. The Morgan fingerprint density at radius 2 is 1.85 bits per heavy atom. The van der Waals surface area contributed by atoms with Crippen molar-refractivity contribution in [2.24, 2.45) is 0 Å². The van der Waals surface area contributed by atoms with E-state index in [0.29, 0.717) is 28.5 Å². The molecule has 0 saturated carbocycles. The molecule has 0 atom stereocenters. The summed E-state index contributed by atoms with van der Waals surface area (Å²) >= 11 is 1.32. The van der Waals surface area contributed by atoms with E-state index in [4.69, 9.17) is 4.74 Å². The Hall–Kier alpha value is -5.08. The molecule has 3 heterocycles. The monoisotopic (exact) mass is 553 g/mol. The summed E-state index contributed by atoms with van der Waals surface area (Å²) in [6.07, 6.45) is 1.59. The highest BCUT2D eigenvalue weighted by Gasteiger charge is 2.22. The molecule has 0 unspecified atom stereocenters. The molecular formula is C29H24FN7O2S. The fourth-order valence-electron chi connectivity index (χ4n) is 3.77. The number of aromatic nitrogens is 4. The molecular weight excluding hydrogens is 529 g/mol. The Bertz CT molecular complexity index is 1720. The average Bonchev–Trinajstić information content (AvgIpc) is 3.61. The minimum absolute atomic E-state index is 0.0312. The number of nitrogens with zero attached hydrogens (tertiary/aromatic N) is 5. The normalized spacial score (nSPS) is 11.1. The van der Waals surface area contributed by atoms with Crippen LogP contribution in [0.15, 0.2) is 78.3 Å². The Balaban J connectivity index is 1.32. The number of anilines is 2. The predicted molar refractivity (Wildman–Crippen MR) is 151 cm³/mol.